The number of likely N-dealkylation sites (N-methyl/N-ethyl adjacent to an activating group) is 1. The van der Waals surface area contributed by atoms with E-state index in [1.165, 1.54) is 40.0 Å². The molecular weight excluding hydrogens is 837 g/mol. The van der Waals surface area contributed by atoms with Gasteiger partial charge in [0.25, 0.3) is 0 Å². The Labute approximate surface area is 385 Å². The van der Waals surface area contributed by atoms with E-state index in [1.54, 1.807) is 97.0 Å². The number of hydrogen-bond acceptors (Lipinski definition) is 14. The molecule has 0 heterocycles. The fourth-order valence-electron chi connectivity index (χ4n) is 11.2. The second kappa shape index (κ2) is 18.3. The highest BCUT2D eigenvalue weighted by Crippen LogP contribution is 2.68. The molecule has 0 spiro atoms. The summed E-state index contributed by atoms with van der Waals surface area (Å²) in [7, 11) is -1.47. The van der Waals surface area contributed by atoms with Gasteiger partial charge in [0.1, 0.15) is 46.9 Å². The maximum atomic E-state index is 15.8. The number of alkyl carbamates (subject to hydrolysis) is 1. The minimum Gasteiger partial charge on any atom is -0.458 e. The van der Waals surface area contributed by atoms with Crippen LogP contribution < -0.4 is 10.6 Å². The van der Waals surface area contributed by atoms with Crippen molar-refractivity contribution in [3.05, 3.63) is 82.9 Å². The first-order valence-corrected chi connectivity index (χ1v) is 22.3. The van der Waals surface area contributed by atoms with Crippen LogP contribution >= 0.6 is 0 Å². The molecule has 2 aromatic rings. The Morgan fingerprint density at radius 3 is 2.14 bits per heavy atom. The molecule has 15 heteroatoms. The molecule has 0 radical (unpaired) electrons. The van der Waals surface area contributed by atoms with Gasteiger partial charge in [-0.2, -0.15) is 0 Å². The average Bonchev–Trinajstić information content (AvgIpc) is 3.24. The zero-order valence-corrected chi connectivity index (χ0v) is 39.1. The number of fused-ring (bicyclic) bond motifs is 5. The first kappa shape index (κ1) is 45.1. The molecule has 354 valence electrons. The molecule has 0 aromatic heterocycles. The summed E-state index contributed by atoms with van der Waals surface area (Å²) in [5.74, 6) is -7.29. The molecule has 1 amide bonds. The van der Waals surface area contributed by atoms with Gasteiger partial charge < -0.3 is 44.2 Å². The van der Waals surface area contributed by atoms with Crippen LogP contribution in [0.2, 0.25) is 0 Å². The molecule has 2 bridgehead atoms. The summed E-state index contributed by atoms with van der Waals surface area (Å²) in [6.45, 7) is 15.9. The van der Waals surface area contributed by atoms with E-state index in [1.807, 2.05) is 0 Å². The lowest BCUT2D eigenvalue weighted by molar-refractivity contribution is -0.297. The van der Waals surface area contributed by atoms with E-state index >= 15 is 9.59 Å². The van der Waals surface area contributed by atoms with Gasteiger partial charge in [-0.25, -0.2) is 14.4 Å². The molecule has 0 aliphatic heterocycles. The zero-order chi connectivity index (χ0) is 50.5. The third kappa shape index (κ3) is 8.83. The number of carbonyl (C=O) groups excluding carboxylic acids is 6. The molecule has 15 nitrogen and oxygen atoms in total. The number of methoxy groups -OCH3 is 1. The van der Waals surface area contributed by atoms with Gasteiger partial charge in [0.15, 0.2) is 0 Å². The molecule has 4 aliphatic rings. The lowest BCUT2D eigenvalue weighted by Crippen LogP contribution is -2.78. The maximum absolute atomic E-state index is 15.8. The van der Waals surface area contributed by atoms with Gasteiger partial charge >= 0.3 is 30.0 Å². The van der Waals surface area contributed by atoms with E-state index in [2.05, 4.69) is 10.6 Å². The van der Waals surface area contributed by atoms with Gasteiger partial charge in [0.05, 0.1) is 27.1 Å². The second-order valence-electron chi connectivity index (χ2n) is 19.8. The lowest BCUT2D eigenvalue weighted by atomic mass is 9.40. The van der Waals surface area contributed by atoms with E-state index in [0.29, 0.717) is 23.1 Å². The summed E-state index contributed by atoms with van der Waals surface area (Å²) in [5.41, 5.74) is -7.10. The van der Waals surface area contributed by atoms with E-state index < -0.39 is 131 Å². The van der Waals surface area contributed by atoms with Crippen LogP contribution in [0, 0.1) is 28.6 Å². The Hall–Kier alpha value is -5.12. The van der Waals surface area contributed by atoms with Gasteiger partial charge in [-0.1, -0.05) is 69.3 Å². The number of nitrogens with one attached hydrogen (secondary N) is 2. The number of carbonyl (C=O) groups is 6. The van der Waals surface area contributed by atoms with Crippen molar-refractivity contribution in [2.24, 2.45) is 28.6 Å². The fraction of sp³-hybridized carbons (Fsp3) is 0.600. The second-order valence-corrected chi connectivity index (χ2v) is 19.8. The highest BCUT2D eigenvalue weighted by Gasteiger charge is 2.77. The van der Waals surface area contributed by atoms with E-state index in [-0.39, 0.29) is 18.4 Å². The largest absolute Gasteiger partial charge is 0.458 e. The van der Waals surface area contributed by atoms with Gasteiger partial charge in [-0.15, -0.1) is 0 Å². The predicted octanol–water partition coefficient (Wildman–Crippen LogP) is 6.36. The molecule has 3 saturated carbocycles. The summed E-state index contributed by atoms with van der Waals surface area (Å²) in [5, 5.41) is 19.5. The summed E-state index contributed by atoms with van der Waals surface area (Å²) in [6.07, 6.45) is -7.18. The third-order valence-electron chi connectivity index (χ3n) is 14.6. The predicted molar refractivity (Wildman–Crippen MR) is 237 cm³/mol. The zero-order valence-electron chi connectivity index (χ0n) is 42.1. The van der Waals surface area contributed by atoms with Crippen molar-refractivity contribution in [3.63, 3.8) is 0 Å². The first-order chi connectivity index (χ1) is 31.5. The van der Waals surface area contributed by atoms with E-state index in [4.69, 9.17) is 32.5 Å². The molecule has 4 aliphatic carbocycles. The van der Waals surface area contributed by atoms with Crippen LogP contribution in [-0.4, -0.2) is 102 Å². The first-order valence-electron chi connectivity index (χ1n) is 23.8. The van der Waals surface area contributed by atoms with Crippen LogP contribution in [0.25, 0.3) is 0 Å². The molecule has 1 unspecified atom stereocenters. The van der Waals surface area contributed by atoms with Gasteiger partial charge in [-0.05, 0) is 96.7 Å². The van der Waals surface area contributed by atoms with Crippen molar-refractivity contribution >= 4 is 35.8 Å². The number of aliphatic hydroxyl groups is 1. The van der Waals surface area contributed by atoms with Gasteiger partial charge in [0, 0.05) is 37.6 Å². The van der Waals surface area contributed by atoms with Crippen LogP contribution in [-0.2, 0) is 47.6 Å². The SMILES string of the molecule is [2H]C([2H])([2H])O[C@H]1C[C@H]2CC[C@@]2(OC(C)=O)[C@H]2[C@H](OC(=O)c3ccccc3)[C@]3(O)C[C@H](OC(=O)[C@H](OC(=O)C(C)NC)[C@@H](NC(=O)OC(C)(C)C)c4ccccc4)C(C)=C([C@@H](C)C(=O)[C@]12C)C3(C)C. The molecule has 0 saturated heterocycles. The molecule has 2 aromatic carbocycles. The van der Waals surface area contributed by atoms with Crippen molar-refractivity contribution in [3.8, 4) is 0 Å². The minimum atomic E-state index is -2.99. The molecule has 12 atom stereocenters. The van der Waals surface area contributed by atoms with Crippen LogP contribution in [0.4, 0.5) is 4.79 Å². The maximum Gasteiger partial charge on any atom is 0.408 e. The Bertz CT molecular complexity index is 2300. The normalized spacial score (nSPS) is 32.6. The fourth-order valence-corrected chi connectivity index (χ4v) is 11.2. The number of ketones is 1. The lowest BCUT2D eigenvalue weighted by Gasteiger charge is -2.68. The number of esters is 4. The summed E-state index contributed by atoms with van der Waals surface area (Å²) in [4.78, 5) is 85.7. The summed E-state index contributed by atoms with van der Waals surface area (Å²) < 4.78 is 61.3. The van der Waals surface area contributed by atoms with Gasteiger partial charge in [0.2, 0.25) is 6.10 Å². The standard InChI is InChI=1S/C50H66N2O13/c1-27-34(61-44(57)38(62-42(55)29(3)51-11)37(31-19-15-13-16-20-31)52-45(58)65-46(5,6)7)26-50(59)41(63-43(56)32-21-17-14-18-22-32)39-48(10,40(54)28(2)36(27)47(50,8)9)35(60-12)25-33-23-24-49(33,39)64-30(4)53/h13-22,28-29,33-35,37-39,41,51,59H,23-26H2,1-12H3,(H,52,58)/t28-,29?,33-,34+,35+,37+,38-,39+,41+,48-,49+,50-/m1/s1/i12D3. The highest BCUT2D eigenvalue weighted by atomic mass is 16.6. The smallest absolute Gasteiger partial charge is 0.408 e. The number of amides is 1. The summed E-state index contributed by atoms with van der Waals surface area (Å²) in [6, 6.07) is 13.9. The quantitative estimate of drug-likeness (QED) is 0.121. The average molecular weight is 906 g/mol. The topological polar surface area (TPSA) is 202 Å². The van der Waals surface area contributed by atoms with Crippen LogP contribution in [0.5, 0.6) is 0 Å². The van der Waals surface area contributed by atoms with Crippen LogP contribution in [0.3, 0.4) is 0 Å². The monoisotopic (exact) mass is 905 g/mol. The number of benzene rings is 2. The number of hydrogen-bond donors (Lipinski definition) is 3. The Balaban J connectivity index is 1.57. The Morgan fingerprint density at radius 1 is 0.954 bits per heavy atom. The van der Waals surface area contributed by atoms with Crippen molar-refractivity contribution in [1.82, 2.24) is 10.6 Å². The highest BCUT2D eigenvalue weighted by molar-refractivity contribution is 5.92. The van der Waals surface area contributed by atoms with Crippen LogP contribution in [0.1, 0.15) is 121 Å². The Kier molecular flexibility index (Phi) is 12.7. The number of rotatable bonds is 12. The van der Waals surface area contributed by atoms with E-state index in [0.717, 1.165) is 0 Å². The third-order valence-corrected chi connectivity index (χ3v) is 14.6. The molecular formula is C50H66N2O13. The van der Waals surface area contributed by atoms with Crippen LogP contribution in [0.15, 0.2) is 71.8 Å². The van der Waals surface area contributed by atoms with Crippen molar-refractivity contribution in [1.29, 1.82) is 0 Å². The van der Waals surface area contributed by atoms with Crippen molar-refractivity contribution < 1.29 is 66.4 Å². The van der Waals surface area contributed by atoms with Crippen molar-refractivity contribution in [2.75, 3.05) is 14.1 Å². The minimum absolute atomic E-state index is 0.00274. The molecule has 6 rings (SSSR count). The van der Waals surface area contributed by atoms with Crippen molar-refractivity contribution in [2.45, 2.75) is 148 Å². The Morgan fingerprint density at radius 2 is 1.58 bits per heavy atom. The molecule has 3 N–H and O–H groups in total. The van der Waals surface area contributed by atoms with Gasteiger partial charge in [-0.3, -0.25) is 14.4 Å². The molecule has 3 fully saturated rings. The molecule has 65 heavy (non-hydrogen) atoms. The van der Waals surface area contributed by atoms with E-state index in [9.17, 15) is 24.3 Å². The number of Topliss-reactive ketones (excluding diaryl/α,β-unsaturated/α-hetero) is 1. The number of ether oxygens (including phenoxy) is 6. The summed E-state index contributed by atoms with van der Waals surface area (Å²) >= 11 is 0.